The van der Waals surface area contributed by atoms with Crippen LogP contribution in [0.2, 0.25) is 0 Å². The van der Waals surface area contributed by atoms with Gasteiger partial charge in [-0.2, -0.15) is 0 Å². The molecule has 1 aromatic heterocycles. The van der Waals surface area contributed by atoms with E-state index in [-0.39, 0.29) is 30.9 Å². The van der Waals surface area contributed by atoms with Gasteiger partial charge in [0.2, 0.25) is 5.91 Å². The van der Waals surface area contributed by atoms with Crippen LogP contribution in [0, 0.1) is 5.92 Å². The van der Waals surface area contributed by atoms with Crippen LogP contribution in [0.5, 0.6) is 5.75 Å². The molecule has 0 aliphatic carbocycles. The second-order valence-corrected chi connectivity index (χ2v) is 5.99. The van der Waals surface area contributed by atoms with E-state index in [9.17, 15) is 4.79 Å². The summed E-state index contributed by atoms with van der Waals surface area (Å²) in [5.41, 5.74) is 1.88. The van der Waals surface area contributed by atoms with E-state index in [0.29, 0.717) is 6.61 Å². The first kappa shape index (κ1) is 17.9. The highest BCUT2D eigenvalue weighted by Gasteiger charge is 2.14. The Balaban J connectivity index is 1.89. The lowest BCUT2D eigenvalue weighted by Crippen LogP contribution is -2.39. The van der Waals surface area contributed by atoms with Gasteiger partial charge in [-0.05, 0) is 36.6 Å². The van der Waals surface area contributed by atoms with Crippen molar-refractivity contribution in [3.63, 3.8) is 0 Å². The maximum atomic E-state index is 12.1. The standard InChI is InChI=1S/C19H24N2O3/c1-14(12-22)15(2)21-19(23)10-16-5-3-7-18(9-16)24-13-17-6-4-8-20-11-17/h3-9,11,14-15,22H,10,12-13H2,1-2H3,(H,21,23). The molecule has 5 nitrogen and oxygen atoms in total. The molecule has 1 heterocycles. The van der Waals surface area contributed by atoms with Crippen molar-refractivity contribution in [2.45, 2.75) is 32.9 Å². The molecule has 2 unspecified atom stereocenters. The minimum absolute atomic E-state index is 0.0306. The van der Waals surface area contributed by atoms with Crippen LogP contribution in [0.25, 0.3) is 0 Å². The fourth-order valence-corrected chi connectivity index (χ4v) is 2.19. The number of carbonyl (C=O) groups is 1. The number of hydrogen-bond acceptors (Lipinski definition) is 4. The highest BCUT2D eigenvalue weighted by molar-refractivity contribution is 5.78. The van der Waals surface area contributed by atoms with Crippen molar-refractivity contribution in [3.05, 3.63) is 59.9 Å². The van der Waals surface area contributed by atoms with E-state index < -0.39 is 0 Å². The smallest absolute Gasteiger partial charge is 0.224 e. The normalized spacial score (nSPS) is 13.1. The molecule has 0 spiro atoms. The Labute approximate surface area is 142 Å². The van der Waals surface area contributed by atoms with Crippen LogP contribution in [0.4, 0.5) is 0 Å². The monoisotopic (exact) mass is 328 g/mol. The molecular weight excluding hydrogens is 304 g/mol. The summed E-state index contributed by atoms with van der Waals surface area (Å²) in [5, 5.41) is 12.0. The van der Waals surface area contributed by atoms with Gasteiger partial charge in [-0.3, -0.25) is 9.78 Å². The highest BCUT2D eigenvalue weighted by Crippen LogP contribution is 2.15. The lowest BCUT2D eigenvalue weighted by atomic mass is 10.0. The molecule has 0 fully saturated rings. The minimum Gasteiger partial charge on any atom is -0.489 e. The van der Waals surface area contributed by atoms with Gasteiger partial charge < -0.3 is 15.2 Å². The molecule has 0 radical (unpaired) electrons. The van der Waals surface area contributed by atoms with Crippen LogP contribution in [0.3, 0.4) is 0 Å². The molecule has 128 valence electrons. The van der Waals surface area contributed by atoms with Crippen LogP contribution in [0.1, 0.15) is 25.0 Å². The summed E-state index contributed by atoms with van der Waals surface area (Å²) >= 11 is 0. The van der Waals surface area contributed by atoms with E-state index in [4.69, 9.17) is 9.84 Å². The highest BCUT2D eigenvalue weighted by atomic mass is 16.5. The fraction of sp³-hybridized carbons (Fsp3) is 0.368. The zero-order valence-corrected chi connectivity index (χ0v) is 14.1. The number of aliphatic hydroxyl groups is 1. The number of nitrogens with zero attached hydrogens (tertiary/aromatic N) is 1. The van der Waals surface area contributed by atoms with Gasteiger partial charge in [0, 0.05) is 30.6 Å². The second kappa shape index (κ2) is 9.03. The van der Waals surface area contributed by atoms with Gasteiger partial charge in [0.15, 0.2) is 0 Å². The molecule has 0 saturated carbocycles. The van der Waals surface area contributed by atoms with Crippen molar-refractivity contribution < 1.29 is 14.6 Å². The molecule has 5 heteroatoms. The summed E-state index contributed by atoms with van der Waals surface area (Å²) in [6.45, 7) is 4.29. The number of benzene rings is 1. The van der Waals surface area contributed by atoms with Gasteiger partial charge >= 0.3 is 0 Å². The van der Waals surface area contributed by atoms with Crippen molar-refractivity contribution in [3.8, 4) is 5.75 Å². The number of carbonyl (C=O) groups excluding carboxylic acids is 1. The third-order valence-electron chi connectivity index (χ3n) is 3.92. The summed E-state index contributed by atoms with van der Waals surface area (Å²) in [5.74, 6) is 0.691. The van der Waals surface area contributed by atoms with Crippen LogP contribution >= 0.6 is 0 Å². The van der Waals surface area contributed by atoms with Crippen molar-refractivity contribution in [2.24, 2.45) is 5.92 Å². The number of hydrogen-bond donors (Lipinski definition) is 2. The third-order valence-corrected chi connectivity index (χ3v) is 3.92. The van der Waals surface area contributed by atoms with E-state index in [0.717, 1.165) is 16.9 Å². The Morgan fingerprint density at radius 3 is 2.75 bits per heavy atom. The Kier molecular flexibility index (Phi) is 6.75. The number of amides is 1. The van der Waals surface area contributed by atoms with Crippen molar-refractivity contribution in [1.29, 1.82) is 0 Å². The molecule has 0 saturated heterocycles. The summed E-state index contributed by atoms with van der Waals surface area (Å²) in [7, 11) is 0. The number of nitrogens with one attached hydrogen (secondary N) is 1. The van der Waals surface area contributed by atoms with Crippen LogP contribution in [0.15, 0.2) is 48.8 Å². The molecule has 2 N–H and O–H groups in total. The molecule has 1 aromatic carbocycles. The van der Waals surface area contributed by atoms with Crippen molar-refractivity contribution in [2.75, 3.05) is 6.61 Å². The average molecular weight is 328 g/mol. The third kappa shape index (κ3) is 5.66. The topological polar surface area (TPSA) is 71.5 Å². The first-order chi connectivity index (χ1) is 11.6. The zero-order chi connectivity index (χ0) is 17.4. The second-order valence-electron chi connectivity index (χ2n) is 5.99. The number of ether oxygens (including phenoxy) is 1. The van der Waals surface area contributed by atoms with Crippen LogP contribution in [-0.4, -0.2) is 28.6 Å². The van der Waals surface area contributed by atoms with Gasteiger partial charge in [0.05, 0.1) is 6.42 Å². The molecule has 2 atom stereocenters. The summed E-state index contributed by atoms with van der Waals surface area (Å²) in [6.07, 6.45) is 3.77. The quantitative estimate of drug-likeness (QED) is 0.780. The fourth-order valence-electron chi connectivity index (χ4n) is 2.19. The number of pyridine rings is 1. The van der Waals surface area contributed by atoms with Gasteiger partial charge in [0.1, 0.15) is 12.4 Å². The average Bonchev–Trinajstić information content (AvgIpc) is 2.60. The molecule has 24 heavy (non-hydrogen) atoms. The van der Waals surface area contributed by atoms with E-state index in [1.165, 1.54) is 0 Å². The molecule has 0 aliphatic heterocycles. The zero-order valence-electron chi connectivity index (χ0n) is 14.1. The molecule has 1 amide bonds. The number of aliphatic hydroxyl groups excluding tert-OH is 1. The van der Waals surface area contributed by atoms with Crippen molar-refractivity contribution >= 4 is 5.91 Å². The van der Waals surface area contributed by atoms with Gasteiger partial charge in [-0.15, -0.1) is 0 Å². The van der Waals surface area contributed by atoms with E-state index in [2.05, 4.69) is 10.3 Å². The first-order valence-electron chi connectivity index (χ1n) is 8.09. The Bertz CT molecular complexity index is 646. The maximum Gasteiger partial charge on any atom is 0.224 e. The number of rotatable bonds is 8. The van der Waals surface area contributed by atoms with Crippen molar-refractivity contribution in [1.82, 2.24) is 10.3 Å². The van der Waals surface area contributed by atoms with Crippen LogP contribution in [-0.2, 0) is 17.8 Å². The Morgan fingerprint density at radius 1 is 1.25 bits per heavy atom. The molecular formula is C19H24N2O3. The number of aromatic nitrogens is 1. The summed E-state index contributed by atoms with van der Waals surface area (Å²) in [6, 6.07) is 11.3. The molecule has 0 bridgehead atoms. The van der Waals surface area contributed by atoms with Crippen LogP contribution < -0.4 is 10.1 Å². The Morgan fingerprint density at radius 2 is 2.04 bits per heavy atom. The molecule has 0 aliphatic rings. The van der Waals surface area contributed by atoms with Gasteiger partial charge in [-0.1, -0.05) is 25.1 Å². The first-order valence-corrected chi connectivity index (χ1v) is 8.09. The summed E-state index contributed by atoms with van der Waals surface area (Å²) in [4.78, 5) is 16.1. The predicted octanol–water partition coefficient (Wildman–Crippen LogP) is 2.34. The SMILES string of the molecule is CC(CO)C(C)NC(=O)Cc1cccc(OCc2cccnc2)c1. The molecule has 2 rings (SSSR count). The van der Waals surface area contributed by atoms with Gasteiger partial charge in [-0.25, -0.2) is 0 Å². The minimum atomic E-state index is -0.0628. The predicted molar refractivity (Wildman–Crippen MR) is 92.6 cm³/mol. The largest absolute Gasteiger partial charge is 0.489 e. The van der Waals surface area contributed by atoms with E-state index in [1.807, 2.05) is 50.2 Å². The Hall–Kier alpha value is -2.40. The van der Waals surface area contributed by atoms with Gasteiger partial charge in [0.25, 0.3) is 0 Å². The summed E-state index contributed by atoms with van der Waals surface area (Å²) < 4.78 is 5.75. The maximum absolute atomic E-state index is 12.1. The molecule has 2 aromatic rings. The lowest BCUT2D eigenvalue weighted by Gasteiger charge is -2.19. The lowest BCUT2D eigenvalue weighted by molar-refractivity contribution is -0.121. The van der Waals surface area contributed by atoms with E-state index >= 15 is 0 Å². The van der Waals surface area contributed by atoms with E-state index in [1.54, 1.807) is 12.4 Å².